The van der Waals surface area contributed by atoms with Crippen LogP contribution < -0.4 is 16.1 Å². The van der Waals surface area contributed by atoms with Gasteiger partial charge in [-0.3, -0.25) is 14.8 Å². The number of carbonyl (C=O) groups is 3. The van der Waals surface area contributed by atoms with Gasteiger partial charge in [-0.05, 0) is 42.7 Å². The standard InChI is InChI=1S/C21H25N3O7S2/c1-22-20(27)31-13-19(26)23-15-6-4-5-14(11-15)16-7-8-17(32-16)21(12-18(25)24-28)9-2-3-10-33(21,29)30/h4-8,11,28H,2-3,9-10,12-13H2,1H3,(H,22,27)(H,23,26)(H,24,25)/t21-/m0/s1. The maximum absolute atomic E-state index is 13.1. The molecule has 0 saturated carbocycles. The summed E-state index contributed by atoms with van der Waals surface area (Å²) in [7, 11) is -2.23. The first-order chi connectivity index (χ1) is 15.7. The molecule has 3 rings (SSSR count). The Morgan fingerprint density at radius 1 is 1.15 bits per heavy atom. The van der Waals surface area contributed by atoms with Gasteiger partial charge in [0.05, 0.1) is 12.2 Å². The number of hydrogen-bond acceptors (Lipinski definition) is 8. The highest BCUT2D eigenvalue weighted by Gasteiger charge is 2.49. The van der Waals surface area contributed by atoms with Crippen LogP contribution in [0.15, 0.2) is 36.4 Å². The van der Waals surface area contributed by atoms with Crippen molar-refractivity contribution in [1.29, 1.82) is 0 Å². The van der Waals surface area contributed by atoms with Crippen molar-refractivity contribution in [3.8, 4) is 10.4 Å². The zero-order valence-corrected chi connectivity index (χ0v) is 19.6. The van der Waals surface area contributed by atoms with Crippen molar-refractivity contribution in [2.24, 2.45) is 0 Å². The fraction of sp³-hybridized carbons (Fsp3) is 0.381. The zero-order chi connectivity index (χ0) is 24.1. The molecule has 1 aromatic carbocycles. The smallest absolute Gasteiger partial charge is 0.407 e. The van der Waals surface area contributed by atoms with Crippen LogP contribution in [0.4, 0.5) is 10.5 Å². The number of alkyl carbamates (subject to hydrolysis) is 1. The van der Waals surface area contributed by atoms with Gasteiger partial charge in [-0.25, -0.2) is 18.7 Å². The molecule has 0 bridgehead atoms. The number of anilines is 1. The quantitative estimate of drug-likeness (QED) is 0.340. The number of thiophene rings is 1. The Morgan fingerprint density at radius 2 is 1.94 bits per heavy atom. The van der Waals surface area contributed by atoms with E-state index in [1.807, 2.05) is 6.07 Å². The lowest BCUT2D eigenvalue weighted by Crippen LogP contribution is -2.43. The maximum atomic E-state index is 13.1. The fourth-order valence-corrected chi connectivity index (χ4v) is 7.58. The SMILES string of the molecule is CNC(=O)OCC(=O)Nc1cccc(-c2ccc([C@@]3(CC(=O)NO)CCCCS3(=O)=O)s2)c1. The summed E-state index contributed by atoms with van der Waals surface area (Å²) in [6.45, 7) is -0.444. The Labute approximate surface area is 195 Å². The van der Waals surface area contributed by atoms with E-state index < -0.39 is 39.1 Å². The van der Waals surface area contributed by atoms with Crippen LogP contribution in [0.2, 0.25) is 0 Å². The second-order valence-corrected chi connectivity index (χ2v) is 11.1. The molecule has 33 heavy (non-hydrogen) atoms. The Hall–Kier alpha value is -2.96. The summed E-state index contributed by atoms with van der Waals surface area (Å²) in [6.07, 6.45) is 0.419. The highest BCUT2D eigenvalue weighted by atomic mass is 32.2. The predicted octanol–water partition coefficient (Wildman–Crippen LogP) is 2.40. The van der Waals surface area contributed by atoms with E-state index in [1.54, 1.807) is 35.8 Å². The predicted molar refractivity (Wildman–Crippen MR) is 123 cm³/mol. The zero-order valence-electron chi connectivity index (χ0n) is 17.9. The summed E-state index contributed by atoms with van der Waals surface area (Å²) in [5.74, 6) is -1.28. The first-order valence-corrected chi connectivity index (χ1v) is 12.7. The molecule has 10 nitrogen and oxygen atoms in total. The van der Waals surface area contributed by atoms with Crippen molar-refractivity contribution in [2.75, 3.05) is 24.7 Å². The summed E-state index contributed by atoms with van der Waals surface area (Å²) in [5, 5.41) is 13.9. The molecule has 1 fully saturated rings. The topological polar surface area (TPSA) is 151 Å². The summed E-state index contributed by atoms with van der Waals surface area (Å²) < 4.78 is 29.5. The van der Waals surface area contributed by atoms with E-state index in [9.17, 15) is 22.8 Å². The molecule has 1 aromatic heterocycles. The lowest BCUT2D eigenvalue weighted by molar-refractivity contribution is -0.130. The minimum Gasteiger partial charge on any atom is -0.439 e. The normalized spacial score (nSPS) is 19.3. The van der Waals surface area contributed by atoms with Gasteiger partial charge in [0.15, 0.2) is 16.4 Å². The van der Waals surface area contributed by atoms with E-state index in [1.165, 1.54) is 18.4 Å². The molecule has 2 aromatic rings. The first kappa shape index (κ1) is 24.7. The molecule has 3 amide bonds. The van der Waals surface area contributed by atoms with E-state index in [-0.39, 0.29) is 12.2 Å². The van der Waals surface area contributed by atoms with Crippen molar-refractivity contribution in [3.63, 3.8) is 0 Å². The number of amides is 3. The van der Waals surface area contributed by atoms with Gasteiger partial charge in [0.1, 0.15) is 4.75 Å². The average Bonchev–Trinajstić information content (AvgIpc) is 3.29. The lowest BCUT2D eigenvalue weighted by Gasteiger charge is -2.35. The minimum absolute atomic E-state index is 0.0153. The molecular formula is C21H25N3O7S2. The molecule has 0 unspecified atom stereocenters. The second kappa shape index (κ2) is 10.3. The molecule has 178 valence electrons. The van der Waals surface area contributed by atoms with Gasteiger partial charge in [0, 0.05) is 22.5 Å². The van der Waals surface area contributed by atoms with Crippen LogP contribution in [0.3, 0.4) is 0 Å². The maximum Gasteiger partial charge on any atom is 0.407 e. The molecule has 4 N–H and O–H groups in total. The Bertz CT molecular complexity index is 1150. The number of benzene rings is 1. The summed E-state index contributed by atoms with van der Waals surface area (Å²) in [5.41, 5.74) is 2.78. The summed E-state index contributed by atoms with van der Waals surface area (Å²) in [6, 6.07) is 10.4. The molecule has 0 aliphatic carbocycles. The van der Waals surface area contributed by atoms with Gasteiger partial charge in [-0.15, -0.1) is 11.3 Å². The van der Waals surface area contributed by atoms with Gasteiger partial charge in [0.2, 0.25) is 5.91 Å². The van der Waals surface area contributed by atoms with Gasteiger partial charge in [-0.2, -0.15) is 0 Å². The van der Waals surface area contributed by atoms with Crippen LogP contribution in [0, 0.1) is 0 Å². The molecule has 1 aliphatic rings. The van der Waals surface area contributed by atoms with Crippen LogP contribution in [-0.4, -0.2) is 50.9 Å². The van der Waals surface area contributed by atoms with Crippen LogP contribution in [0.5, 0.6) is 0 Å². The van der Waals surface area contributed by atoms with Crippen LogP contribution >= 0.6 is 11.3 Å². The van der Waals surface area contributed by atoms with Gasteiger partial charge >= 0.3 is 6.09 Å². The average molecular weight is 496 g/mol. The minimum atomic E-state index is -3.62. The van der Waals surface area contributed by atoms with Crippen LogP contribution in [0.25, 0.3) is 10.4 Å². The van der Waals surface area contributed by atoms with Gasteiger partial charge in [0.25, 0.3) is 5.91 Å². The van der Waals surface area contributed by atoms with Crippen molar-refractivity contribution >= 4 is 44.8 Å². The molecule has 0 spiro atoms. The van der Waals surface area contributed by atoms with Gasteiger partial charge in [-0.1, -0.05) is 18.6 Å². The molecule has 1 saturated heterocycles. The van der Waals surface area contributed by atoms with E-state index in [0.29, 0.717) is 29.8 Å². The number of ether oxygens (including phenoxy) is 1. The largest absolute Gasteiger partial charge is 0.439 e. The molecule has 12 heteroatoms. The highest BCUT2D eigenvalue weighted by molar-refractivity contribution is 7.92. The summed E-state index contributed by atoms with van der Waals surface area (Å²) >= 11 is 1.26. The lowest BCUT2D eigenvalue weighted by atomic mass is 9.94. The highest BCUT2D eigenvalue weighted by Crippen LogP contribution is 2.47. The molecule has 1 atom stereocenters. The third-order valence-electron chi connectivity index (χ3n) is 5.43. The van der Waals surface area contributed by atoms with Gasteiger partial charge < -0.3 is 15.4 Å². The Balaban J connectivity index is 1.85. The van der Waals surface area contributed by atoms with E-state index in [0.717, 1.165) is 10.4 Å². The molecule has 2 heterocycles. The third kappa shape index (κ3) is 5.52. The number of carbonyl (C=O) groups excluding carboxylic acids is 3. The van der Waals surface area contributed by atoms with Crippen molar-refractivity contribution in [1.82, 2.24) is 10.8 Å². The number of hydrogen-bond donors (Lipinski definition) is 4. The Morgan fingerprint density at radius 3 is 2.64 bits per heavy atom. The number of sulfone groups is 1. The van der Waals surface area contributed by atoms with Crippen molar-refractivity contribution in [2.45, 2.75) is 30.4 Å². The third-order valence-corrected chi connectivity index (χ3v) is 9.49. The molecular weight excluding hydrogens is 470 g/mol. The molecule has 0 radical (unpaired) electrons. The van der Waals surface area contributed by atoms with E-state index >= 15 is 0 Å². The van der Waals surface area contributed by atoms with Crippen molar-refractivity contribution in [3.05, 3.63) is 41.3 Å². The monoisotopic (exact) mass is 495 g/mol. The Kier molecular flexibility index (Phi) is 7.72. The number of hydroxylamine groups is 1. The molecule has 1 aliphatic heterocycles. The fourth-order valence-electron chi connectivity index (χ4n) is 3.80. The first-order valence-electron chi connectivity index (χ1n) is 10.2. The van der Waals surface area contributed by atoms with Crippen LogP contribution in [0.1, 0.15) is 30.6 Å². The van der Waals surface area contributed by atoms with Crippen molar-refractivity contribution < 1.29 is 32.7 Å². The summed E-state index contributed by atoms with van der Waals surface area (Å²) in [4.78, 5) is 36.4. The number of rotatable bonds is 7. The second-order valence-electron chi connectivity index (χ2n) is 7.60. The van der Waals surface area contributed by atoms with Crippen LogP contribution in [-0.2, 0) is 28.9 Å². The van der Waals surface area contributed by atoms with E-state index in [2.05, 4.69) is 10.6 Å². The van der Waals surface area contributed by atoms with E-state index in [4.69, 9.17) is 9.94 Å². The number of nitrogens with one attached hydrogen (secondary N) is 3.